The zero-order valence-electron chi connectivity index (χ0n) is 13.2. The summed E-state index contributed by atoms with van der Waals surface area (Å²) < 4.78 is 28.5. The van der Waals surface area contributed by atoms with Crippen molar-refractivity contribution in [3.05, 3.63) is 11.2 Å². The van der Waals surface area contributed by atoms with Gasteiger partial charge in [0, 0.05) is 18.7 Å². The van der Waals surface area contributed by atoms with E-state index in [-0.39, 0.29) is 18.3 Å². The number of nitrogens with one attached hydrogen (secondary N) is 2. The first-order valence-electron chi connectivity index (χ1n) is 7.68. The van der Waals surface area contributed by atoms with E-state index in [1.54, 1.807) is 6.07 Å². The highest BCUT2D eigenvalue weighted by atomic mass is 35.5. The van der Waals surface area contributed by atoms with Gasteiger partial charge in [-0.15, -0.1) is 0 Å². The summed E-state index contributed by atoms with van der Waals surface area (Å²) >= 11 is 7.30. The average molecular weight is 391 g/mol. The Morgan fingerprint density at radius 1 is 1.38 bits per heavy atom. The Labute approximate surface area is 149 Å². The maximum absolute atomic E-state index is 12.1. The predicted octanol–water partition coefficient (Wildman–Crippen LogP) is 1.77. The minimum atomic E-state index is -3.32. The number of halogens is 1. The molecule has 0 saturated heterocycles. The second kappa shape index (κ2) is 7.42. The van der Waals surface area contributed by atoms with Crippen molar-refractivity contribution in [1.29, 1.82) is 0 Å². The summed E-state index contributed by atoms with van der Waals surface area (Å²) in [5.41, 5.74) is 0.564. The van der Waals surface area contributed by atoms with E-state index < -0.39 is 10.0 Å². The standard InChI is InChI=1S/C13H19ClN6O2S2/c1-23-13-16-11-8-10(14)18-20(11)12(17-13)15-6-7-24(21,22)19-9-4-2-3-5-9/h8-9,19H,2-7H2,1H3,(H,15,16,17). The van der Waals surface area contributed by atoms with Gasteiger partial charge in [-0.1, -0.05) is 36.2 Å². The molecular weight excluding hydrogens is 372 g/mol. The number of rotatable bonds is 7. The largest absolute Gasteiger partial charge is 0.353 e. The zero-order chi connectivity index (χ0) is 17.2. The van der Waals surface area contributed by atoms with Gasteiger partial charge in [0.15, 0.2) is 16.0 Å². The molecule has 0 radical (unpaired) electrons. The Morgan fingerprint density at radius 2 is 2.12 bits per heavy atom. The van der Waals surface area contributed by atoms with Crippen LogP contribution < -0.4 is 10.0 Å². The van der Waals surface area contributed by atoms with Crippen molar-refractivity contribution in [2.75, 3.05) is 23.9 Å². The molecule has 1 saturated carbocycles. The van der Waals surface area contributed by atoms with Gasteiger partial charge in [0.1, 0.15) is 0 Å². The highest BCUT2D eigenvalue weighted by Crippen LogP contribution is 2.19. The molecule has 1 aliphatic rings. The molecule has 0 aromatic carbocycles. The summed E-state index contributed by atoms with van der Waals surface area (Å²) in [5, 5.41) is 7.99. The van der Waals surface area contributed by atoms with Crippen molar-refractivity contribution in [2.45, 2.75) is 36.9 Å². The van der Waals surface area contributed by atoms with Gasteiger partial charge in [0.05, 0.1) is 5.75 Å². The van der Waals surface area contributed by atoms with E-state index in [1.165, 1.54) is 16.3 Å². The maximum atomic E-state index is 12.1. The quantitative estimate of drug-likeness (QED) is 0.694. The Balaban J connectivity index is 1.66. The molecule has 0 aliphatic heterocycles. The topological polar surface area (TPSA) is 101 Å². The first-order valence-corrected chi connectivity index (χ1v) is 10.9. The van der Waals surface area contributed by atoms with E-state index >= 15 is 0 Å². The van der Waals surface area contributed by atoms with Crippen LogP contribution in [0, 0.1) is 0 Å². The Kier molecular flexibility index (Phi) is 5.48. The molecule has 2 N–H and O–H groups in total. The van der Waals surface area contributed by atoms with Gasteiger partial charge in [-0.05, 0) is 19.1 Å². The summed E-state index contributed by atoms with van der Waals surface area (Å²) in [6.45, 7) is 0.222. The van der Waals surface area contributed by atoms with Gasteiger partial charge in [-0.3, -0.25) is 0 Å². The van der Waals surface area contributed by atoms with Crippen LogP contribution in [0.2, 0.25) is 5.15 Å². The van der Waals surface area contributed by atoms with Crippen LogP contribution in [0.25, 0.3) is 5.65 Å². The van der Waals surface area contributed by atoms with Gasteiger partial charge in [-0.2, -0.15) is 14.6 Å². The van der Waals surface area contributed by atoms with E-state index in [2.05, 4.69) is 25.1 Å². The summed E-state index contributed by atoms with van der Waals surface area (Å²) in [6, 6.07) is 1.71. The van der Waals surface area contributed by atoms with Gasteiger partial charge in [0.2, 0.25) is 16.0 Å². The van der Waals surface area contributed by atoms with Crippen molar-refractivity contribution in [1.82, 2.24) is 24.3 Å². The van der Waals surface area contributed by atoms with Gasteiger partial charge in [0.25, 0.3) is 0 Å². The molecule has 0 spiro atoms. The van der Waals surface area contributed by atoms with Crippen LogP contribution in [-0.2, 0) is 10.0 Å². The van der Waals surface area contributed by atoms with Crippen molar-refractivity contribution < 1.29 is 8.42 Å². The fourth-order valence-corrected chi connectivity index (χ4v) is 4.47. The molecule has 24 heavy (non-hydrogen) atoms. The first-order chi connectivity index (χ1) is 11.5. The molecule has 1 aliphatic carbocycles. The molecule has 0 bridgehead atoms. The van der Waals surface area contributed by atoms with Crippen LogP contribution in [0.5, 0.6) is 0 Å². The molecule has 0 unspecified atom stereocenters. The molecule has 3 rings (SSSR count). The molecule has 8 nitrogen and oxygen atoms in total. The summed E-state index contributed by atoms with van der Waals surface area (Å²) in [7, 11) is -3.32. The number of nitrogens with zero attached hydrogens (tertiary/aromatic N) is 4. The molecule has 1 fully saturated rings. The second-order valence-electron chi connectivity index (χ2n) is 5.62. The van der Waals surface area contributed by atoms with E-state index in [0.717, 1.165) is 25.7 Å². The lowest BCUT2D eigenvalue weighted by molar-refractivity contribution is 0.552. The SMILES string of the molecule is CSc1nc(NCCS(=O)(=O)NC2CCCC2)n2nc(Cl)cc2n1. The third kappa shape index (κ3) is 4.29. The van der Waals surface area contributed by atoms with Crippen molar-refractivity contribution in [3.8, 4) is 0 Å². The smallest absolute Gasteiger partial charge is 0.228 e. The number of fused-ring (bicyclic) bond motifs is 1. The molecule has 0 atom stereocenters. The van der Waals surface area contributed by atoms with Crippen LogP contribution in [0.3, 0.4) is 0 Å². The molecule has 11 heteroatoms. The Bertz CT molecular complexity index is 819. The average Bonchev–Trinajstić information content (AvgIpc) is 3.14. The summed E-state index contributed by atoms with van der Waals surface area (Å²) in [6.07, 6.45) is 5.87. The van der Waals surface area contributed by atoms with Crippen molar-refractivity contribution >= 4 is 45.0 Å². The van der Waals surface area contributed by atoms with Gasteiger partial charge < -0.3 is 5.32 Å². The van der Waals surface area contributed by atoms with E-state index in [9.17, 15) is 8.42 Å². The van der Waals surface area contributed by atoms with E-state index in [0.29, 0.717) is 21.9 Å². The summed E-state index contributed by atoms with van der Waals surface area (Å²) in [5.74, 6) is 0.394. The lowest BCUT2D eigenvalue weighted by Crippen LogP contribution is -2.36. The third-order valence-electron chi connectivity index (χ3n) is 3.81. The molecule has 2 aromatic rings. The third-order valence-corrected chi connectivity index (χ3v) is 5.98. The molecule has 2 heterocycles. The lowest BCUT2D eigenvalue weighted by atomic mass is 10.3. The minimum absolute atomic E-state index is 0.0292. The molecular formula is C13H19ClN6O2S2. The van der Waals surface area contributed by atoms with Crippen LogP contribution in [0.1, 0.15) is 25.7 Å². The Hall–Kier alpha value is -1.10. The van der Waals surface area contributed by atoms with E-state index in [4.69, 9.17) is 11.6 Å². The normalized spacial score (nSPS) is 16.1. The van der Waals surface area contributed by atoms with Gasteiger partial charge >= 0.3 is 0 Å². The van der Waals surface area contributed by atoms with Crippen LogP contribution in [-0.4, -0.2) is 52.6 Å². The Morgan fingerprint density at radius 3 is 2.83 bits per heavy atom. The zero-order valence-corrected chi connectivity index (χ0v) is 15.6. The molecule has 2 aromatic heterocycles. The highest BCUT2D eigenvalue weighted by molar-refractivity contribution is 7.98. The van der Waals surface area contributed by atoms with E-state index in [1.807, 2.05) is 6.26 Å². The van der Waals surface area contributed by atoms with Crippen molar-refractivity contribution in [3.63, 3.8) is 0 Å². The fraction of sp³-hybridized carbons (Fsp3) is 0.615. The lowest BCUT2D eigenvalue weighted by Gasteiger charge is -2.13. The number of aromatic nitrogens is 4. The first kappa shape index (κ1) is 17.7. The number of anilines is 1. The highest BCUT2D eigenvalue weighted by Gasteiger charge is 2.21. The second-order valence-corrected chi connectivity index (χ2v) is 8.65. The number of hydrogen-bond donors (Lipinski definition) is 2. The van der Waals surface area contributed by atoms with Crippen molar-refractivity contribution in [2.24, 2.45) is 0 Å². The minimum Gasteiger partial charge on any atom is -0.353 e. The molecule has 132 valence electrons. The number of sulfonamides is 1. The maximum Gasteiger partial charge on any atom is 0.228 e. The van der Waals surface area contributed by atoms with Gasteiger partial charge in [-0.25, -0.2) is 18.1 Å². The number of thioether (sulfide) groups is 1. The number of hydrogen-bond acceptors (Lipinski definition) is 7. The summed E-state index contributed by atoms with van der Waals surface area (Å²) in [4.78, 5) is 8.62. The monoisotopic (exact) mass is 390 g/mol. The molecule has 0 amide bonds. The fourth-order valence-electron chi connectivity index (χ4n) is 2.70. The van der Waals surface area contributed by atoms with Crippen LogP contribution >= 0.6 is 23.4 Å². The van der Waals surface area contributed by atoms with Crippen LogP contribution in [0.4, 0.5) is 5.95 Å². The predicted molar refractivity (Wildman–Crippen MR) is 95.2 cm³/mol. The van der Waals surface area contributed by atoms with Crippen LogP contribution in [0.15, 0.2) is 11.2 Å².